The van der Waals surface area contributed by atoms with Gasteiger partial charge in [-0.1, -0.05) is 68.0 Å². The molecule has 0 aliphatic heterocycles. The number of aliphatic hydroxyl groups is 1. The second kappa shape index (κ2) is 10.9. The van der Waals surface area contributed by atoms with Crippen molar-refractivity contribution in [1.82, 2.24) is 10.3 Å². The molecule has 1 aromatic heterocycles. The molecule has 1 heterocycles. The first kappa shape index (κ1) is 27.9. The SMILES string of the molecule is C[C@]12CC[C@H](OC(=O)CCC(=O)NCc3ccccc3)CC1=CC[C@@H]1[C@@H]2CC[C@]2(C)C(c3cccnc3)=CCC12O. The van der Waals surface area contributed by atoms with Crippen molar-refractivity contribution in [2.75, 3.05) is 0 Å². The maximum absolute atomic E-state index is 12.6. The van der Waals surface area contributed by atoms with Crippen LogP contribution in [0.25, 0.3) is 5.57 Å². The quantitative estimate of drug-likeness (QED) is 0.316. The molecule has 6 nitrogen and oxygen atoms in total. The lowest BCUT2D eigenvalue weighted by molar-refractivity contribution is -0.161. The third kappa shape index (κ3) is 4.94. The van der Waals surface area contributed by atoms with Gasteiger partial charge in [0.25, 0.3) is 0 Å². The Morgan fingerprint density at radius 2 is 1.85 bits per heavy atom. The first-order valence-corrected chi connectivity index (χ1v) is 15.3. The number of carbonyl (C=O) groups is 2. The van der Waals surface area contributed by atoms with E-state index in [1.165, 1.54) is 11.1 Å². The molecule has 4 aliphatic rings. The van der Waals surface area contributed by atoms with Gasteiger partial charge in [0.1, 0.15) is 6.10 Å². The maximum atomic E-state index is 12.6. The highest BCUT2D eigenvalue weighted by Crippen LogP contribution is 2.68. The van der Waals surface area contributed by atoms with Crippen LogP contribution in [-0.2, 0) is 20.9 Å². The largest absolute Gasteiger partial charge is 0.462 e. The first-order valence-electron chi connectivity index (χ1n) is 15.3. The molecule has 1 amide bonds. The zero-order valence-corrected chi connectivity index (χ0v) is 24.3. The minimum atomic E-state index is -0.767. The fourth-order valence-electron chi connectivity index (χ4n) is 8.57. The summed E-state index contributed by atoms with van der Waals surface area (Å²) >= 11 is 0. The van der Waals surface area contributed by atoms with Crippen LogP contribution in [0.5, 0.6) is 0 Å². The summed E-state index contributed by atoms with van der Waals surface area (Å²) < 4.78 is 5.88. The Kier molecular flexibility index (Phi) is 7.39. The predicted octanol–water partition coefficient (Wildman–Crippen LogP) is 6.16. The lowest BCUT2D eigenvalue weighted by atomic mass is 9.45. The van der Waals surface area contributed by atoms with E-state index < -0.39 is 5.60 Å². The lowest BCUT2D eigenvalue weighted by Crippen LogP contribution is -2.60. The standard InChI is InChI=1S/C35H42N2O4/c1-33-17-14-27(41-32(39)13-12-31(38)37-22-24-7-4-3-5-8-24)21-26(33)10-11-30-29(33)15-18-34(2)28(16-19-35(30,34)40)25-9-6-20-36-23-25/h3-10,16,20,23,27,29-30,40H,11-15,17-19,21-22H2,1-2H3,(H,37,38)/t27-,29-,30+,33-,34+,35?/m0/s1. The molecule has 4 aliphatic carbocycles. The summed E-state index contributed by atoms with van der Waals surface area (Å²) in [6.45, 7) is 5.09. The second-order valence-electron chi connectivity index (χ2n) is 13.1. The second-order valence-corrected chi connectivity index (χ2v) is 13.1. The van der Waals surface area contributed by atoms with Gasteiger partial charge < -0.3 is 15.2 Å². The molecule has 2 N–H and O–H groups in total. The number of benzene rings is 1. The summed E-state index contributed by atoms with van der Waals surface area (Å²) in [6.07, 6.45) is 14.5. The van der Waals surface area contributed by atoms with Crippen molar-refractivity contribution >= 4 is 17.4 Å². The number of aromatic nitrogens is 1. The molecule has 6 atom stereocenters. The van der Waals surface area contributed by atoms with E-state index in [0.29, 0.717) is 18.9 Å². The van der Waals surface area contributed by atoms with Crippen molar-refractivity contribution in [1.29, 1.82) is 0 Å². The average Bonchev–Trinajstić information content (AvgIpc) is 3.27. The van der Waals surface area contributed by atoms with E-state index in [0.717, 1.165) is 49.7 Å². The van der Waals surface area contributed by atoms with Crippen LogP contribution >= 0.6 is 0 Å². The summed E-state index contributed by atoms with van der Waals surface area (Å²) in [7, 11) is 0. The lowest BCUT2D eigenvalue weighted by Gasteiger charge is -2.61. The minimum Gasteiger partial charge on any atom is -0.462 e. The number of rotatable bonds is 7. The number of carbonyl (C=O) groups excluding carboxylic acids is 2. The zero-order chi connectivity index (χ0) is 28.7. The molecule has 2 fully saturated rings. The molecule has 6 rings (SSSR count). The molecular formula is C35H42N2O4. The van der Waals surface area contributed by atoms with Gasteiger partial charge in [0, 0.05) is 37.2 Å². The summed E-state index contributed by atoms with van der Waals surface area (Å²) in [5, 5.41) is 15.3. The topological polar surface area (TPSA) is 88.5 Å². The van der Waals surface area contributed by atoms with E-state index in [2.05, 4.69) is 42.4 Å². The third-order valence-electron chi connectivity index (χ3n) is 11.0. The number of pyridine rings is 1. The summed E-state index contributed by atoms with van der Waals surface area (Å²) in [6, 6.07) is 13.8. The van der Waals surface area contributed by atoms with Crippen molar-refractivity contribution in [2.45, 2.75) is 89.9 Å². The Bertz CT molecular complexity index is 1350. The van der Waals surface area contributed by atoms with E-state index in [-0.39, 0.29) is 47.6 Å². The molecule has 2 saturated carbocycles. The van der Waals surface area contributed by atoms with E-state index in [4.69, 9.17) is 4.74 Å². The molecule has 2 aromatic rings. The Morgan fingerprint density at radius 3 is 2.63 bits per heavy atom. The Balaban J connectivity index is 1.06. The molecule has 6 heteroatoms. The van der Waals surface area contributed by atoms with Gasteiger partial charge in [0.05, 0.1) is 12.0 Å². The Hall–Kier alpha value is -3.25. The number of ether oxygens (including phenoxy) is 1. The Morgan fingerprint density at radius 1 is 1.02 bits per heavy atom. The molecule has 1 aromatic carbocycles. The normalized spacial score (nSPS) is 33.9. The molecule has 0 bridgehead atoms. The fourth-order valence-corrected chi connectivity index (χ4v) is 8.57. The average molecular weight is 555 g/mol. The third-order valence-corrected chi connectivity index (χ3v) is 11.0. The van der Waals surface area contributed by atoms with Crippen LogP contribution in [0.2, 0.25) is 0 Å². The number of nitrogens with zero attached hydrogens (tertiary/aromatic N) is 1. The zero-order valence-electron chi connectivity index (χ0n) is 24.3. The number of amides is 1. The van der Waals surface area contributed by atoms with Crippen molar-refractivity contribution in [3.63, 3.8) is 0 Å². The van der Waals surface area contributed by atoms with Gasteiger partial charge in [-0.2, -0.15) is 0 Å². The highest BCUT2D eigenvalue weighted by atomic mass is 16.5. The number of esters is 1. The van der Waals surface area contributed by atoms with Crippen molar-refractivity contribution in [2.24, 2.45) is 22.7 Å². The summed E-state index contributed by atoms with van der Waals surface area (Å²) in [4.78, 5) is 29.2. The molecular weight excluding hydrogens is 512 g/mol. The van der Waals surface area contributed by atoms with Crippen molar-refractivity contribution < 1.29 is 19.4 Å². The van der Waals surface area contributed by atoms with Crippen molar-refractivity contribution in [3.8, 4) is 0 Å². The molecule has 0 radical (unpaired) electrons. The fraction of sp³-hybridized carbons (Fsp3) is 0.514. The number of fused-ring (bicyclic) bond motifs is 5. The number of hydrogen-bond acceptors (Lipinski definition) is 5. The van der Waals surface area contributed by atoms with Crippen LogP contribution in [0.1, 0.15) is 82.8 Å². The van der Waals surface area contributed by atoms with Crippen LogP contribution in [0.15, 0.2) is 72.6 Å². The van der Waals surface area contributed by atoms with Crippen molar-refractivity contribution in [3.05, 3.63) is 83.7 Å². The molecule has 216 valence electrons. The van der Waals surface area contributed by atoms with Gasteiger partial charge in [0.15, 0.2) is 0 Å². The smallest absolute Gasteiger partial charge is 0.306 e. The monoisotopic (exact) mass is 554 g/mol. The van der Waals surface area contributed by atoms with E-state index >= 15 is 0 Å². The summed E-state index contributed by atoms with van der Waals surface area (Å²) in [5.41, 5.74) is 3.75. The first-order chi connectivity index (χ1) is 19.7. The molecule has 0 spiro atoms. The van der Waals surface area contributed by atoms with Crippen LogP contribution < -0.4 is 5.32 Å². The van der Waals surface area contributed by atoms with E-state index in [9.17, 15) is 14.7 Å². The van der Waals surface area contributed by atoms with Crippen LogP contribution in [0.4, 0.5) is 0 Å². The number of allylic oxidation sites excluding steroid dienone is 1. The van der Waals surface area contributed by atoms with Gasteiger partial charge >= 0.3 is 5.97 Å². The van der Waals surface area contributed by atoms with E-state index in [1.54, 1.807) is 6.20 Å². The van der Waals surface area contributed by atoms with Gasteiger partial charge in [-0.15, -0.1) is 0 Å². The van der Waals surface area contributed by atoms with Gasteiger partial charge in [-0.05, 0) is 78.5 Å². The van der Waals surface area contributed by atoms with Crippen LogP contribution in [-0.4, -0.2) is 33.7 Å². The summed E-state index contributed by atoms with van der Waals surface area (Å²) in [5.74, 6) is 0.171. The predicted molar refractivity (Wildman–Crippen MR) is 158 cm³/mol. The number of nitrogens with one attached hydrogen (secondary N) is 1. The maximum Gasteiger partial charge on any atom is 0.306 e. The Labute approximate surface area is 243 Å². The molecule has 1 unspecified atom stereocenters. The van der Waals surface area contributed by atoms with Crippen LogP contribution in [0.3, 0.4) is 0 Å². The minimum absolute atomic E-state index is 0.0112. The number of hydrogen-bond donors (Lipinski definition) is 2. The highest BCUT2D eigenvalue weighted by molar-refractivity contribution is 5.81. The van der Waals surface area contributed by atoms with E-state index in [1.807, 2.05) is 42.6 Å². The molecule has 0 saturated heterocycles. The van der Waals surface area contributed by atoms with Gasteiger partial charge in [0.2, 0.25) is 5.91 Å². The van der Waals surface area contributed by atoms with Gasteiger partial charge in [-0.3, -0.25) is 14.6 Å². The van der Waals surface area contributed by atoms with Gasteiger partial charge in [-0.25, -0.2) is 0 Å². The highest BCUT2D eigenvalue weighted by Gasteiger charge is 2.64. The van der Waals surface area contributed by atoms with Crippen LogP contribution in [0, 0.1) is 22.7 Å². The molecule has 41 heavy (non-hydrogen) atoms.